The number of hydrogen-bond donors (Lipinski definition) is 1. The smallest absolute Gasteiger partial charge is 0.170 e. The third kappa shape index (κ3) is 4.27. The Morgan fingerprint density at radius 2 is 1.88 bits per heavy atom. The van der Waals surface area contributed by atoms with Crippen LogP contribution in [-0.4, -0.2) is 51.6 Å². The number of pyridine rings is 1. The van der Waals surface area contributed by atoms with Gasteiger partial charge < -0.3 is 19.7 Å². The molecule has 0 bridgehead atoms. The van der Waals surface area contributed by atoms with Gasteiger partial charge in [0, 0.05) is 24.1 Å². The van der Waals surface area contributed by atoms with Crippen molar-refractivity contribution in [2.45, 2.75) is 32.4 Å². The Morgan fingerprint density at radius 3 is 2.56 bits per heavy atom. The topological polar surface area (TPSA) is 36.3 Å². The fraction of sp³-hybridized carbons (Fsp3) is 0.360. The summed E-state index contributed by atoms with van der Waals surface area (Å²) in [6.45, 7) is 5.90. The molecule has 1 saturated heterocycles. The molecule has 0 radical (unpaired) electrons. The van der Waals surface area contributed by atoms with E-state index in [-0.39, 0.29) is 17.9 Å². The van der Waals surface area contributed by atoms with Crippen molar-refractivity contribution < 1.29 is 4.39 Å². The van der Waals surface area contributed by atoms with Crippen molar-refractivity contribution >= 4 is 17.3 Å². The van der Waals surface area contributed by atoms with Gasteiger partial charge in [0.2, 0.25) is 0 Å². The number of aromatic nitrogens is 2. The lowest BCUT2D eigenvalue weighted by Gasteiger charge is -2.28. The molecule has 1 aliphatic rings. The predicted molar refractivity (Wildman–Crippen MR) is 131 cm³/mol. The zero-order valence-electron chi connectivity index (χ0n) is 19.0. The van der Waals surface area contributed by atoms with E-state index in [1.807, 2.05) is 48.0 Å². The van der Waals surface area contributed by atoms with E-state index in [4.69, 9.17) is 12.2 Å². The van der Waals surface area contributed by atoms with Crippen LogP contribution >= 0.6 is 12.2 Å². The molecular weight excluding hydrogens is 421 g/mol. The van der Waals surface area contributed by atoms with E-state index in [9.17, 15) is 4.39 Å². The van der Waals surface area contributed by atoms with Crippen LogP contribution in [0, 0.1) is 19.7 Å². The van der Waals surface area contributed by atoms with E-state index in [2.05, 4.69) is 47.2 Å². The van der Waals surface area contributed by atoms with Crippen molar-refractivity contribution in [3.05, 3.63) is 83.2 Å². The SMILES string of the molecule is Cc1cc(C2C(c3ccccn3)NC(=S)N2CCCN(C)C)c(C)n1-c1ccccc1F. The Hall–Kier alpha value is -2.77. The Kier molecular flexibility index (Phi) is 6.58. The minimum absolute atomic E-state index is 0.0220. The Balaban J connectivity index is 1.78. The molecule has 32 heavy (non-hydrogen) atoms. The molecule has 3 aromatic rings. The quantitative estimate of drug-likeness (QED) is 0.533. The zero-order chi connectivity index (χ0) is 22.8. The van der Waals surface area contributed by atoms with Gasteiger partial charge in [0.15, 0.2) is 5.11 Å². The van der Waals surface area contributed by atoms with Crippen molar-refractivity contribution in [2.24, 2.45) is 0 Å². The van der Waals surface area contributed by atoms with E-state index in [1.54, 1.807) is 6.07 Å². The third-order valence-corrected chi connectivity index (χ3v) is 6.44. The summed E-state index contributed by atoms with van der Waals surface area (Å²) >= 11 is 5.78. The van der Waals surface area contributed by atoms with E-state index in [1.165, 1.54) is 6.07 Å². The Labute approximate surface area is 194 Å². The highest BCUT2D eigenvalue weighted by Crippen LogP contribution is 2.41. The van der Waals surface area contributed by atoms with Crippen molar-refractivity contribution in [3.63, 3.8) is 0 Å². The van der Waals surface area contributed by atoms with Gasteiger partial charge in [-0.15, -0.1) is 0 Å². The van der Waals surface area contributed by atoms with Crippen LogP contribution < -0.4 is 5.32 Å². The van der Waals surface area contributed by atoms with Gasteiger partial charge in [0.1, 0.15) is 5.82 Å². The lowest BCUT2D eigenvalue weighted by Crippen LogP contribution is -2.32. The fourth-order valence-corrected chi connectivity index (χ4v) is 4.96. The van der Waals surface area contributed by atoms with E-state index in [0.29, 0.717) is 5.69 Å². The van der Waals surface area contributed by atoms with Crippen molar-refractivity contribution in [1.82, 2.24) is 24.7 Å². The molecule has 5 nitrogen and oxygen atoms in total. The number of benzene rings is 1. The normalized spacial score (nSPS) is 18.4. The summed E-state index contributed by atoms with van der Waals surface area (Å²) in [6.07, 6.45) is 2.81. The molecule has 3 heterocycles. The second-order valence-electron chi connectivity index (χ2n) is 8.59. The average Bonchev–Trinajstić information content (AvgIpc) is 3.24. The Morgan fingerprint density at radius 1 is 1.12 bits per heavy atom. The number of thiocarbonyl (C=S) groups is 1. The highest BCUT2D eigenvalue weighted by Gasteiger charge is 2.41. The van der Waals surface area contributed by atoms with Crippen LogP contribution in [0.3, 0.4) is 0 Å². The summed E-state index contributed by atoms with van der Waals surface area (Å²) in [5.74, 6) is -0.231. The molecule has 2 aromatic heterocycles. The van der Waals surface area contributed by atoms with Crippen LogP contribution in [0.15, 0.2) is 54.7 Å². The van der Waals surface area contributed by atoms with Crippen LogP contribution in [0.25, 0.3) is 5.69 Å². The molecule has 1 aliphatic heterocycles. The van der Waals surface area contributed by atoms with E-state index >= 15 is 0 Å². The molecule has 4 rings (SSSR count). The summed E-state index contributed by atoms with van der Waals surface area (Å²) in [6, 6.07) is 14.9. The molecule has 1 aromatic carbocycles. The number of hydrogen-bond acceptors (Lipinski definition) is 3. The molecule has 0 saturated carbocycles. The van der Waals surface area contributed by atoms with Gasteiger partial charge in [-0.05, 0) is 89.0 Å². The molecule has 0 amide bonds. The number of rotatable bonds is 7. The molecule has 1 N–H and O–H groups in total. The summed E-state index contributed by atoms with van der Waals surface area (Å²) in [4.78, 5) is 9.07. The maximum absolute atomic E-state index is 14.7. The molecular formula is C25H30FN5S. The van der Waals surface area contributed by atoms with Crippen molar-refractivity contribution in [3.8, 4) is 5.69 Å². The van der Waals surface area contributed by atoms with Gasteiger partial charge >= 0.3 is 0 Å². The van der Waals surface area contributed by atoms with Crippen molar-refractivity contribution in [1.29, 1.82) is 0 Å². The number of para-hydroxylation sites is 1. The maximum Gasteiger partial charge on any atom is 0.170 e. The Bertz CT molecular complexity index is 1090. The van der Waals surface area contributed by atoms with Crippen molar-refractivity contribution in [2.75, 3.05) is 27.2 Å². The summed E-state index contributed by atoms with van der Waals surface area (Å²) in [5.41, 5.74) is 4.66. The highest BCUT2D eigenvalue weighted by molar-refractivity contribution is 7.80. The minimum atomic E-state index is -0.231. The second kappa shape index (κ2) is 9.38. The first-order chi connectivity index (χ1) is 15.4. The van der Waals surface area contributed by atoms with Gasteiger partial charge in [0.05, 0.1) is 23.5 Å². The molecule has 0 spiro atoms. The summed E-state index contributed by atoms with van der Waals surface area (Å²) < 4.78 is 16.7. The lowest BCUT2D eigenvalue weighted by molar-refractivity contribution is 0.292. The van der Waals surface area contributed by atoms with Gasteiger partial charge in [0.25, 0.3) is 0 Å². The van der Waals surface area contributed by atoms with Crippen LogP contribution in [0.2, 0.25) is 0 Å². The minimum Gasteiger partial charge on any atom is -0.352 e. The predicted octanol–water partition coefficient (Wildman–Crippen LogP) is 4.55. The second-order valence-corrected chi connectivity index (χ2v) is 8.98. The van der Waals surface area contributed by atoms with Gasteiger partial charge in [-0.1, -0.05) is 18.2 Å². The van der Waals surface area contributed by atoms with Gasteiger partial charge in [-0.3, -0.25) is 4.98 Å². The fourth-order valence-electron chi connectivity index (χ4n) is 4.63. The average molecular weight is 452 g/mol. The first kappa shape index (κ1) is 22.4. The third-order valence-electron chi connectivity index (χ3n) is 6.08. The van der Waals surface area contributed by atoms with Gasteiger partial charge in [-0.2, -0.15) is 0 Å². The molecule has 168 valence electrons. The standard InChI is InChI=1S/C25H30FN5S/c1-17-16-19(18(2)31(17)22-12-6-5-10-20(22)26)24-23(21-11-7-8-13-27-21)28-25(32)30(24)15-9-14-29(3)4/h5-8,10-13,16,23-24H,9,14-15H2,1-4H3,(H,28,32). The van der Waals surface area contributed by atoms with Crippen LogP contribution in [-0.2, 0) is 0 Å². The summed E-state index contributed by atoms with van der Waals surface area (Å²) in [5, 5.41) is 4.25. The highest BCUT2D eigenvalue weighted by atomic mass is 32.1. The summed E-state index contributed by atoms with van der Waals surface area (Å²) in [7, 11) is 4.16. The van der Waals surface area contributed by atoms with Crippen LogP contribution in [0.4, 0.5) is 4.39 Å². The molecule has 2 atom stereocenters. The molecule has 2 unspecified atom stereocenters. The van der Waals surface area contributed by atoms with E-state index in [0.717, 1.165) is 47.3 Å². The number of halogens is 1. The first-order valence-corrected chi connectivity index (χ1v) is 11.4. The monoisotopic (exact) mass is 451 g/mol. The zero-order valence-corrected chi connectivity index (χ0v) is 19.9. The number of aryl methyl sites for hydroxylation is 1. The van der Waals surface area contributed by atoms with Crippen LogP contribution in [0.1, 0.15) is 41.1 Å². The molecule has 1 fully saturated rings. The lowest BCUT2D eigenvalue weighted by atomic mass is 9.96. The van der Waals surface area contributed by atoms with E-state index < -0.39 is 0 Å². The molecule has 0 aliphatic carbocycles. The number of nitrogens with zero attached hydrogens (tertiary/aromatic N) is 4. The number of nitrogens with one attached hydrogen (secondary N) is 1. The first-order valence-electron chi connectivity index (χ1n) is 10.9. The van der Waals surface area contributed by atoms with Crippen LogP contribution in [0.5, 0.6) is 0 Å². The van der Waals surface area contributed by atoms with Gasteiger partial charge in [-0.25, -0.2) is 4.39 Å². The largest absolute Gasteiger partial charge is 0.352 e. The molecule has 7 heteroatoms. The maximum atomic E-state index is 14.7.